The van der Waals surface area contributed by atoms with Gasteiger partial charge in [-0.15, -0.1) is 0 Å². The van der Waals surface area contributed by atoms with Crippen molar-refractivity contribution in [2.24, 2.45) is 11.3 Å². The fraction of sp³-hybridized carbons (Fsp3) is 0.348. The molecule has 0 bridgehead atoms. The number of piperidine rings is 1. The van der Waals surface area contributed by atoms with Gasteiger partial charge in [0.2, 0.25) is 12.3 Å². The summed E-state index contributed by atoms with van der Waals surface area (Å²) >= 11 is 0. The Kier molecular flexibility index (Phi) is 5.20. The second-order valence-electron chi connectivity index (χ2n) is 8.20. The fourth-order valence-electron chi connectivity index (χ4n) is 4.34. The van der Waals surface area contributed by atoms with E-state index < -0.39 is 12.0 Å². The van der Waals surface area contributed by atoms with Gasteiger partial charge in [0.15, 0.2) is 0 Å². The molecule has 2 aliphatic rings. The molecule has 2 amide bonds. The van der Waals surface area contributed by atoms with E-state index in [0.717, 1.165) is 12.0 Å². The van der Waals surface area contributed by atoms with Crippen molar-refractivity contribution in [3.05, 3.63) is 60.2 Å². The predicted molar refractivity (Wildman–Crippen MR) is 110 cm³/mol. The normalized spacial score (nSPS) is 24.1. The monoisotopic (exact) mass is 408 g/mol. The number of rotatable bonds is 8. The molecule has 1 aliphatic heterocycles. The molecule has 1 N–H and O–H groups in total. The molecule has 2 fully saturated rings. The second-order valence-corrected chi connectivity index (χ2v) is 8.20. The first kappa shape index (κ1) is 19.9. The molecule has 1 aliphatic carbocycles. The molecule has 3 atom stereocenters. The van der Waals surface area contributed by atoms with E-state index in [1.54, 1.807) is 24.3 Å². The van der Waals surface area contributed by atoms with Crippen LogP contribution in [0.15, 0.2) is 54.6 Å². The Labute approximate surface area is 174 Å². The number of benzene rings is 2. The van der Waals surface area contributed by atoms with Crippen LogP contribution in [-0.2, 0) is 21.0 Å². The van der Waals surface area contributed by atoms with Crippen molar-refractivity contribution in [3.63, 3.8) is 0 Å². The molecule has 156 valence electrons. The maximum Gasteiger partial charge on any atom is 0.326 e. The Balaban J connectivity index is 1.38. The quantitative estimate of drug-likeness (QED) is 0.679. The Bertz CT molecular complexity index is 946. The zero-order valence-corrected chi connectivity index (χ0v) is 16.7. The number of likely N-dealkylation sites (tertiary alicyclic amines) is 1. The molecule has 1 saturated heterocycles. The Hall–Kier alpha value is -3.35. The lowest BCUT2D eigenvalue weighted by atomic mass is 9.99. The first-order chi connectivity index (χ1) is 14.4. The van der Waals surface area contributed by atoms with Crippen molar-refractivity contribution in [1.82, 2.24) is 4.90 Å². The molecule has 7 nitrogen and oxygen atoms in total. The second kappa shape index (κ2) is 7.82. The molecular weight excluding hydrogens is 384 g/mol. The van der Waals surface area contributed by atoms with Crippen LogP contribution in [0.1, 0.15) is 18.9 Å². The van der Waals surface area contributed by atoms with Crippen molar-refractivity contribution in [3.8, 4) is 5.75 Å². The molecule has 7 heteroatoms. The van der Waals surface area contributed by atoms with Gasteiger partial charge in [-0.2, -0.15) is 0 Å². The van der Waals surface area contributed by atoms with E-state index in [2.05, 4.69) is 0 Å². The Morgan fingerprint density at radius 3 is 2.53 bits per heavy atom. The lowest BCUT2D eigenvalue weighted by Gasteiger charge is -2.29. The minimum absolute atomic E-state index is 0.194. The van der Waals surface area contributed by atoms with Gasteiger partial charge in [-0.05, 0) is 42.2 Å². The van der Waals surface area contributed by atoms with Gasteiger partial charge < -0.3 is 19.6 Å². The number of fused-ring (bicyclic) bond motifs is 1. The summed E-state index contributed by atoms with van der Waals surface area (Å²) in [6.45, 7) is 2.59. The van der Waals surface area contributed by atoms with Crippen LogP contribution in [0, 0.1) is 11.3 Å². The summed E-state index contributed by atoms with van der Waals surface area (Å²) in [4.78, 5) is 38.8. The predicted octanol–water partition coefficient (Wildman–Crippen LogP) is 2.55. The van der Waals surface area contributed by atoms with Crippen LogP contribution in [0.25, 0.3) is 0 Å². The summed E-state index contributed by atoms with van der Waals surface area (Å²) in [5.41, 5.74) is 1.26. The maximum absolute atomic E-state index is 12.8. The van der Waals surface area contributed by atoms with Crippen molar-refractivity contribution in [1.29, 1.82) is 0 Å². The summed E-state index contributed by atoms with van der Waals surface area (Å²) in [5, 5.41) is 9.58. The van der Waals surface area contributed by atoms with Gasteiger partial charge in [-0.1, -0.05) is 37.3 Å². The first-order valence-electron chi connectivity index (χ1n) is 9.93. The van der Waals surface area contributed by atoms with Crippen molar-refractivity contribution >= 4 is 24.0 Å². The number of hydrogen-bond donors (Lipinski definition) is 1. The molecule has 0 unspecified atom stereocenters. The molecule has 2 aromatic carbocycles. The number of carboxylic acid groups (broad SMARTS) is 1. The average molecular weight is 408 g/mol. The van der Waals surface area contributed by atoms with Crippen molar-refractivity contribution in [2.75, 3.05) is 18.0 Å². The third kappa shape index (κ3) is 3.75. The van der Waals surface area contributed by atoms with Crippen molar-refractivity contribution < 1.29 is 24.2 Å². The SMILES string of the molecule is C[C@@]12C[C@@H]1CN(C(=O)CN(C=O)c1ccc(OCc3ccccc3)cc1)[C@@H]2C(=O)O. The van der Waals surface area contributed by atoms with E-state index in [4.69, 9.17) is 4.74 Å². The standard InChI is InChI=1S/C23H24N2O5/c1-23-11-17(23)12-25(21(23)22(28)29)20(27)13-24(15-26)18-7-9-19(10-8-18)30-14-16-5-3-2-4-6-16/h2-10,15,17,21H,11-14H2,1H3,(H,28,29)/t17-,21-,23-/m1/s1. The number of carboxylic acids is 1. The van der Waals surface area contributed by atoms with E-state index in [1.807, 2.05) is 37.3 Å². The number of hydrogen-bond acceptors (Lipinski definition) is 4. The van der Waals surface area contributed by atoms with Gasteiger partial charge in [0.1, 0.15) is 24.9 Å². The number of amides is 2. The zero-order chi connectivity index (χ0) is 21.3. The Morgan fingerprint density at radius 2 is 1.90 bits per heavy atom. The van der Waals surface area contributed by atoms with Gasteiger partial charge in [-0.3, -0.25) is 9.59 Å². The zero-order valence-electron chi connectivity index (χ0n) is 16.7. The van der Waals surface area contributed by atoms with E-state index in [-0.39, 0.29) is 23.8 Å². The van der Waals surface area contributed by atoms with E-state index >= 15 is 0 Å². The maximum atomic E-state index is 12.8. The molecule has 1 heterocycles. The number of anilines is 1. The lowest BCUT2D eigenvalue weighted by molar-refractivity contribution is -0.150. The minimum Gasteiger partial charge on any atom is -0.489 e. The lowest BCUT2D eigenvalue weighted by Crippen LogP contribution is -2.49. The summed E-state index contributed by atoms with van der Waals surface area (Å²) in [6, 6.07) is 15.9. The molecular formula is C23H24N2O5. The van der Waals surface area contributed by atoms with Crippen LogP contribution in [0.4, 0.5) is 5.69 Å². The molecule has 2 aromatic rings. The summed E-state index contributed by atoms with van der Waals surface area (Å²) in [6.07, 6.45) is 1.42. The summed E-state index contributed by atoms with van der Waals surface area (Å²) in [5.74, 6) is -0.456. The highest BCUT2D eigenvalue weighted by molar-refractivity contribution is 5.92. The summed E-state index contributed by atoms with van der Waals surface area (Å²) in [7, 11) is 0. The van der Waals surface area contributed by atoms with Crippen LogP contribution in [0.3, 0.4) is 0 Å². The molecule has 0 radical (unpaired) electrons. The van der Waals surface area contributed by atoms with E-state index in [9.17, 15) is 19.5 Å². The largest absolute Gasteiger partial charge is 0.489 e. The highest BCUT2D eigenvalue weighted by Gasteiger charge is 2.66. The number of carbonyl (C=O) groups excluding carboxylic acids is 2. The van der Waals surface area contributed by atoms with E-state index in [0.29, 0.717) is 31.0 Å². The van der Waals surface area contributed by atoms with Crippen LogP contribution >= 0.6 is 0 Å². The smallest absolute Gasteiger partial charge is 0.326 e. The average Bonchev–Trinajstić information content (AvgIpc) is 3.30. The van der Waals surface area contributed by atoms with Gasteiger partial charge >= 0.3 is 5.97 Å². The third-order valence-corrected chi connectivity index (χ3v) is 6.22. The van der Waals surface area contributed by atoms with Crippen LogP contribution in [0.5, 0.6) is 5.75 Å². The van der Waals surface area contributed by atoms with Crippen LogP contribution in [-0.4, -0.2) is 47.4 Å². The first-order valence-corrected chi connectivity index (χ1v) is 9.93. The van der Waals surface area contributed by atoms with Crippen LogP contribution in [0.2, 0.25) is 0 Å². The molecule has 4 rings (SSSR count). The van der Waals surface area contributed by atoms with Crippen molar-refractivity contribution in [2.45, 2.75) is 26.0 Å². The van der Waals surface area contributed by atoms with Gasteiger partial charge in [0.25, 0.3) is 0 Å². The topological polar surface area (TPSA) is 87.2 Å². The highest BCUT2D eigenvalue weighted by Crippen LogP contribution is 2.61. The van der Waals surface area contributed by atoms with Gasteiger partial charge in [0.05, 0.1) is 0 Å². The Morgan fingerprint density at radius 1 is 1.20 bits per heavy atom. The molecule has 30 heavy (non-hydrogen) atoms. The minimum atomic E-state index is -0.983. The highest BCUT2D eigenvalue weighted by atomic mass is 16.5. The molecule has 0 aromatic heterocycles. The fourth-order valence-corrected chi connectivity index (χ4v) is 4.34. The van der Waals surface area contributed by atoms with Gasteiger partial charge in [-0.25, -0.2) is 4.79 Å². The van der Waals surface area contributed by atoms with Crippen LogP contribution < -0.4 is 9.64 Å². The third-order valence-electron chi connectivity index (χ3n) is 6.22. The summed E-state index contributed by atoms with van der Waals surface area (Å²) < 4.78 is 5.74. The number of ether oxygens (including phenoxy) is 1. The number of nitrogens with zero attached hydrogens (tertiary/aromatic N) is 2. The molecule has 0 spiro atoms. The molecule has 1 saturated carbocycles. The van der Waals surface area contributed by atoms with Gasteiger partial charge in [0, 0.05) is 17.6 Å². The number of carbonyl (C=O) groups is 3. The number of aliphatic carboxylic acids is 1. The van der Waals surface area contributed by atoms with E-state index in [1.165, 1.54) is 9.80 Å².